The molecule has 3 aliphatic rings. The molecule has 5 rings (SSSR count). The van der Waals surface area contributed by atoms with E-state index in [-0.39, 0.29) is 78.8 Å². The number of likely N-dealkylation sites (tertiary alicyclic amines) is 2. The zero-order valence-electron chi connectivity index (χ0n) is 49.3. The Hall–Kier alpha value is -4.97. The van der Waals surface area contributed by atoms with Crippen molar-refractivity contribution >= 4 is 70.0 Å². The Morgan fingerprint density at radius 2 is 1.59 bits per heavy atom. The number of nitrogens with one attached hydrogen (secondary N) is 3. The highest BCUT2D eigenvalue weighted by Gasteiger charge is 2.45. The van der Waals surface area contributed by atoms with Crippen LogP contribution in [0.3, 0.4) is 0 Å². The van der Waals surface area contributed by atoms with E-state index in [1.54, 1.807) is 26.0 Å². The summed E-state index contributed by atoms with van der Waals surface area (Å²) in [6, 6.07) is 3.54. The minimum atomic E-state index is -1.16. The first-order valence-corrected chi connectivity index (χ1v) is 30.0. The third-order valence-electron chi connectivity index (χ3n) is 16.5. The molecule has 3 fully saturated rings. The molecule has 0 bridgehead atoms. The molecule has 80 heavy (non-hydrogen) atoms. The van der Waals surface area contributed by atoms with Crippen molar-refractivity contribution in [3.63, 3.8) is 0 Å². The highest BCUT2D eigenvalue weighted by Crippen LogP contribution is 2.32. The number of aromatic nitrogens is 1. The Morgan fingerprint density at radius 1 is 0.900 bits per heavy atom. The monoisotopic (exact) mass is 1140 g/mol. The number of methoxy groups -OCH3 is 2. The van der Waals surface area contributed by atoms with Gasteiger partial charge in [-0.3, -0.25) is 63.2 Å². The lowest BCUT2D eigenvalue weighted by Gasteiger charge is -2.43. The number of thioether (sulfide) groups is 1. The number of aromatic amines is 1. The number of benzene rings is 1. The van der Waals surface area contributed by atoms with Gasteiger partial charge in [0.25, 0.3) is 5.91 Å². The lowest BCUT2D eigenvalue weighted by atomic mass is 9.87. The normalized spacial score (nSPS) is 20.5. The Kier molecular flexibility index (Phi) is 25.9. The Morgan fingerprint density at radius 3 is 2.23 bits per heavy atom. The van der Waals surface area contributed by atoms with Crippen molar-refractivity contribution in [3.05, 3.63) is 36.0 Å². The first-order valence-electron chi connectivity index (χ1n) is 28.9. The first-order chi connectivity index (χ1) is 38.1. The van der Waals surface area contributed by atoms with Crippen LogP contribution in [0.25, 0.3) is 10.9 Å². The Labute approximate surface area is 477 Å². The molecule has 22 heteroatoms. The fraction of sp³-hybridized carbons (Fsp3) is 0.724. The van der Waals surface area contributed by atoms with Gasteiger partial charge in [-0.1, -0.05) is 85.9 Å². The maximum Gasteiger partial charge on any atom is 0.321 e. The number of carboxylic acid groups (broad SMARTS) is 1. The number of H-pyrrole nitrogens is 1. The highest BCUT2D eigenvalue weighted by atomic mass is 32.2. The maximum absolute atomic E-state index is 14.7. The van der Waals surface area contributed by atoms with E-state index in [0.29, 0.717) is 51.9 Å². The molecule has 4 heterocycles. The summed E-state index contributed by atoms with van der Waals surface area (Å²) in [5.41, 5.74) is 7.39. The number of likely N-dealkylation sites (N-methyl/N-ethyl adjacent to an activating group) is 2. The number of hydroxylamine groups is 2. The second-order valence-corrected chi connectivity index (χ2v) is 24.1. The van der Waals surface area contributed by atoms with Crippen LogP contribution in [0.1, 0.15) is 125 Å². The number of hydrogen-bond donors (Lipinski definition) is 5. The molecular weight excluding hydrogens is 1050 g/mol. The van der Waals surface area contributed by atoms with Gasteiger partial charge in [0.1, 0.15) is 12.1 Å². The molecule has 7 amide bonds. The van der Waals surface area contributed by atoms with Gasteiger partial charge in [0.15, 0.2) is 0 Å². The van der Waals surface area contributed by atoms with Crippen molar-refractivity contribution in [1.29, 1.82) is 0 Å². The van der Waals surface area contributed by atoms with Gasteiger partial charge in [-0.15, -0.1) is 11.8 Å². The van der Waals surface area contributed by atoms with E-state index in [2.05, 4.69) is 29.5 Å². The Bertz CT molecular complexity index is 2400. The lowest BCUT2D eigenvalue weighted by molar-refractivity contribution is -0.199. The number of amides is 7. The second-order valence-electron chi connectivity index (χ2n) is 22.9. The number of ether oxygens (including phenoxy) is 2. The predicted molar refractivity (Wildman–Crippen MR) is 307 cm³/mol. The molecule has 21 nitrogen and oxygen atoms in total. The number of imide groups is 2. The second kappa shape index (κ2) is 31.5. The van der Waals surface area contributed by atoms with Crippen LogP contribution in [0.4, 0.5) is 0 Å². The molecule has 1 unspecified atom stereocenters. The number of rotatable bonds is 32. The largest absolute Gasteiger partial charge is 0.480 e. The van der Waals surface area contributed by atoms with Crippen LogP contribution < -0.4 is 16.4 Å². The minimum Gasteiger partial charge on any atom is -0.480 e. The van der Waals surface area contributed by atoms with Crippen molar-refractivity contribution in [3.8, 4) is 0 Å². The molecular formula is C58H93N9O12S. The Balaban J connectivity index is 1.19. The number of carbonyl (C=O) groups excluding carboxylic acids is 7. The molecule has 0 radical (unpaired) electrons. The molecule has 2 aromatic rings. The van der Waals surface area contributed by atoms with Gasteiger partial charge in [-0.25, -0.2) is 5.06 Å². The van der Waals surface area contributed by atoms with E-state index in [9.17, 15) is 38.4 Å². The number of aliphatic carboxylic acids is 1. The van der Waals surface area contributed by atoms with Crippen LogP contribution in [-0.4, -0.2) is 203 Å². The van der Waals surface area contributed by atoms with Crippen LogP contribution in [0, 0.1) is 23.7 Å². The van der Waals surface area contributed by atoms with Crippen LogP contribution in [-0.2, 0) is 59.1 Å². The molecule has 11 atom stereocenters. The number of unbranched alkanes of at least 4 members (excludes halogenated alkanes) is 3. The third-order valence-corrected chi connectivity index (χ3v) is 17.8. The molecule has 3 saturated heterocycles. The van der Waals surface area contributed by atoms with E-state index in [1.165, 1.54) is 9.96 Å². The number of carbonyl (C=O) groups is 8. The van der Waals surface area contributed by atoms with Gasteiger partial charge in [0.2, 0.25) is 35.4 Å². The van der Waals surface area contributed by atoms with Crippen LogP contribution >= 0.6 is 11.8 Å². The molecule has 3 aliphatic heterocycles. The highest BCUT2D eigenvalue weighted by molar-refractivity contribution is 8.00. The summed E-state index contributed by atoms with van der Waals surface area (Å²) in [4.78, 5) is 124. The number of fused-ring (bicyclic) bond motifs is 1. The van der Waals surface area contributed by atoms with Crippen molar-refractivity contribution in [1.82, 2.24) is 40.3 Å². The van der Waals surface area contributed by atoms with Gasteiger partial charge in [0, 0.05) is 75.6 Å². The zero-order chi connectivity index (χ0) is 59.0. The van der Waals surface area contributed by atoms with Gasteiger partial charge >= 0.3 is 5.97 Å². The van der Waals surface area contributed by atoms with Crippen LogP contribution in [0.15, 0.2) is 30.5 Å². The number of nitrogens with two attached hydrogens (primary N) is 1. The molecule has 448 valence electrons. The maximum atomic E-state index is 14.7. The number of para-hydroxylation sites is 1. The topological polar surface area (TPSA) is 267 Å². The van der Waals surface area contributed by atoms with E-state index in [1.807, 2.05) is 82.1 Å². The third kappa shape index (κ3) is 17.1. The van der Waals surface area contributed by atoms with E-state index in [4.69, 9.17) is 25.2 Å². The van der Waals surface area contributed by atoms with E-state index < -0.39 is 77.4 Å². The van der Waals surface area contributed by atoms with E-state index in [0.717, 1.165) is 60.3 Å². The summed E-state index contributed by atoms with van der Waals surface area (Å²) in [6.45, 7) is 15.8. The fourth-order valence-electron chi connectivity index (χ4n) is 12.0. The molecule has 1 aromatic heterocycles. The minimum absolute atomic E-state index is 0.00807. The predicted octanol–water partition coefficient (Wildman–Crippen LogP) is 4.60. The number of hydrogen-bond acceptors (Lipinski definition) is 15. The van der Waals surface area contributed by atoms with Crippen LogP contribution in [0.2, 0.25) is 0 Å². The number of carboxylic acids is 1. The summed E-state index contributed by atoms with van der Waals surface area (Å²) in [6.07, 6.45) is 7.31. The van der Waals surface area contributed by atoms with Crippen molar-refractivity contribution in [2.75, 3.05) is 66.9 Å². The number of nitrogens with zero attached hydrogens (tertiary/aromatic N) is 5. The first kappa shape index (κ1) is 65.8. The summed E-state index contributed by atoms with van der Waals surface area (Å²) >= 11 is 1.10. The molecule has 0 spiro atoms. The summed E-state index contributed by atoms with van der Waals surface area (Å²) in [5.74, 6) is -4.59. The summed E-state index contributed by atoms with van der Waals surface area (Å²) in [7, 11) is 6.83. The molecule has 6 N–H and O–H groups in total. The SMILES string of the molecule is CC[C@H](C)[C@@H]([C@@H](CC(=O)N1CCC[C@H]1[C@H](OC)[C@@H](C)C(=O)N[C@@H](Cc1c[nH]c2ccccc12)C(=O)N1CCCCO1)OC)N(C)[C@H](C(=O)NC(=O)[C@H](C(C)C)N(C)CCCCCCN1C(=O)CC(SC[C@H](N)C(=O)O)C1=O)C(C)C. The van der Waals surface area contributed by atoms with Crippen LogP contribution in [0.5, 0.6) is 0 Å². The van der Waals surface area contributed by atoms with E-state index >= 15 is 0 Å². The smallest absolute Gasteiger partial charge is 0.321 e. The van der Waals surface area contributed by atoms with Gasteiger partial charge < -0.3 is 35.5 Å². The summed E-state index contributed by atoms with van der Waals surface area (Å²) in [5, 5.41) is 16.6. The average Bonchev–Trinajstić information content (AvgIpc) is 4.20. The zero-order valence-corrected chi connectivity index (χ0v) is 50.1. The fourth-order valence-corrected chi connectivity index (χ4v) is 13.1. The quantitative estimate of drug-likeness (QED) is 0.0495. The average molecular weight is 1140 g/mol. The van der Waals surface area contributed by atoms with Crippen molar-refractivity contribution in [2.24, 2.45) is 29.4 Å². The van der Waals surface area contributed by atoms with Crippen molar-refractivity contribution < 1.29 is 57.8 Å². The van der Waals surface area contributed by atoms with Crippen molar-refractivity contribution in [2.45, 2.75) is 179 Å². The molecule has 0 saturated carbocycles. The molecule has 0 aliphatic carbocycles. The van der Waals surface area contributed by atoms with Gasteiger partial charge in [-0.05, 0) is 88.5 Å². The van der Waals surface area contributed by atoms with Gasteiger partial charge in [-0.2, -0.15) is 0 Å². The lowest BCUT2D eigenvalue weighted by Crippen LogP contribution is -2.60. The standard InChI is InChI=1S/C58H93N9O12S/c1-12-37(6)51(64(9)50(36(4)5)55(72)62-54(71)49(35(2)3)63(8)25-17-13-14-18-26-66-48(69)32-46(57(66)74)80-34-41(59)58(75)76)45(77-10)31-47(68)65-27-21-24-44(65)52(78-11)38(7)53(70)61-43(56(73)67-28-19-20-29-79-67)30-39-33-60-42-23-16-15-22-40(39)42/h15-16,22-23,33,35-38,41,43-46,49-52,60H,12-14,17-21,24-32,34,59H2,1-11H3,(H,61,70)(H,75,76)(H,62,71,72)/t37-,38+,41-,43-,44-,45+,46?,49-,50-,51-,52+/m0/s1. The van der Waals surface area contributed by atoms with Gasteiger partial charge in [0.05, 0.1) is 54.5 Å². The molecule has 1 aromatic carbocycles. The summed E-state index contributed by atoms with van der Waals surface area (Å²) < 4.78 is 12.3.